The minimum atomic E-state index is -0.278. The van der Waals surface area contributed by atoms with Crippen LogP contribution in [0.4, 0.5) is 16.0 Å². The van der Waals surface area contributed by atoms with Crippen molar-refractivity contribution in [3.8, 4) is 0 Å². The van der Waals surface area contributed by atoms with Gasteiger partial charge >= 0.3 is 0 Å². The second-order valence-electron chi connectivity index (χ2n) is 6.70. The van der Waals surface area contributed by atoms with Crippen LogP contribution in [0.3, 0.4) is 0 Å². The van der Waals surface area contributed by atoms with Gasteiger partial charge in [-0.3, -0.25) is 0 Å². The molecule has 0 aliphatic carbocycles. The van der Waals surface area contributed by atoms with E-state index in [2.05, 4.69) is 30.2 Å². The standard InChI is InChI=1S/C19H21FN6/c1-12-9-18(24-13(2)23-12)26-7-5-15(6-8-26)25-19-16-10-14(20)3-4-17(16)21-11-22-19/h3-4,9-11,15H,5-8H2,1-2H3,(H,21,22,25). The highest BCUT2D eigenvalue weighted by Crippen LogP contribution is 2.24. The van der Waals surface area contributed by atoms with Crippen molar-refractivity contribution in [1.29, 1.82) is 0 Å². The number of benzene rings is 1. The SMILES string of the molecule is Cc1cc(N2CCC(Nc3ncnc4ccc(F)cc34)CC2)nc(C)n1. The van der Waals surface area contributed by atoms with Gasteiger partial charge in [0.25, 0.3) is 0 Å². The van der Waals surface area contributed by atoms with Crippen molar-refractivity contribution in [3.63, 3.8) is 0 Å². The first-order valence-corrected chi connectivity index (χ1v) is 8.82. The van der Waals surface area contributed by atoms with Gasteiger partial charge in [-0.05, 0) is 44.9 Å². The molecule has 2 aromatic heterocycles. The second-order valence-corrected chi connectivity index (χ2v) is 6.70. The predicted molar refractivity (Wildman–Crippen MR) is 99.9 cm³/mol. The molecule has 1 fully saturated rings. The van der Waals surface area contributed by atoms with Crippen molar-refractivity contribution in [2.75, 3.05) is 23.3 Å². The number of anilines is 2. The number of fused-ring (bicyclic) bond motifs is 1. The Bertz CT molecular complexity index is 916. The molecule has 0 unspecified atom stereocenters. The molecule has 4 rings (SSSR count). The van der Waals surface area contributed by atoms with Crippen LogP contribution in [0.5, 0.6) is 0 Å². The Balaban J connectivity index is 1.47. The van der Waals surface area contributed by atoms with E-state index in [0.29, 0.717) is 5.82 Å². The number of hydrogen-bond acceptors (Lipinski definition) is 6. The lowest BCUT2D eigenvalue weighted by atomic mass is 10.0. The molecule has 1 N–H and O–H groups in total. The van der Waals surface area contributed by atoms with Gasteiger partial charge in [-0.15, -0.1) is 0 Å². The summed E-state index contributed by atoms with van der Waals surface area (Å²) in [4.78, 5) is 19.7. The zero-order valence-electron chi connectivity index (χ0n) is 14.9. The first-order chi connectivity index (χ1) is 12.6. The van der Waals surface area contributed by atoms with Crippen LogP contribution in [-0.4, -0.2) is 39.1 Å². The van der Waals surface area contributed by atoms with Crippen LogP contribution in [0.25, 0.3) is 10.9 Å². The summed E-state index contributed by atoms with van der Waals surface area (Å²) in [6.07, 6.45) is 3.44. The highest BCUT2D eigenvalue weighted by atomic mass is 19.1. The Morgan fingerprint density at radius 1 is 1.08 bits per heavy atom. The average molecular weight is 352 g/mol. The highest BCUT2D eigenvalue weighted by molar-refractivity contribution is 5.88. The number of hydrogen-bond donors (Lipinski definition) is 1. The number of nitrogens with one attached hydrogen (secondary N) is 1. The molecular formula is C19H21FN6. The largest absolute Gasteiger partial charge is 0.367 e. The van der Waals surface area contributed by atoms with Crippen molar-refractivity contribution >= 4 is 22.5 Å². The normalized spacial score (nSPS) is 15.4. The van der Waals surface area contributed by atoms with Crippen molar-refractivity contribution in [2.45, 2.75) is 32.7 Å². The molecule has 0 atom stereocenters. The number of nitrogens with zero attached hydrogens (tertiary/aromatic N) is 5. The predicted octanol–water partition coefficient (Wildman–Crippen LogP) is 3.26. The molecule has 26 heavy (non-hydrogen) atoms. The van der Waals surface area contributed by atoms with Crippen LogP contribution >= 0.6 is 0 Å². The fourth-order valence-corrected chi connectivity index (χ4v) is 3.45. The molecular weight excluding hydrogens is 331 g/mol. The molecule has 0 spiro atoms. The minimum absolute atomic E-state index is 0.278. The molecule has 1 saturated heterocycles. The van der Waals surface area contributed by atoms with Crippen LogP contribution in [0.1, 0.15) is 24.4 Å². The Morgan fingerprint density at radius 3 is 2.65 bits per heavy atom. The third kappa shape index (κ3) is 3.42. The van der Waals surface area contributed by atoms with Crippen LogP contribution < -0.4 is 10.2 Å². The lowest BCUT2D eigenvalue weighted by molar-refractivity contribution is 0.522. The maximum Gasteiger partial charge on any atom is 0.137 e. The number of halogens is 1. The number of aromatic nitrogens is 4. The zero-order valence-corrected chi connectivity index (χ0v) is 14.9. The minimum Gasteiger partial charge on any atom is -0.367 e. The molecule has 1 aromatic carbocycles. The van der Waals surface area contributed by atoms with E-state index < -0.39 is 0 Å². The molecule has 7 heteroatoms. The molecule has 0 radical (unpaired) electrons. The summed E-state index contributed by atoms with van der Waals surface area (Å²) in [5, 5.41) is 4.19. The molecule has 3 aromatic rings. The molecule has 0 saturated carbocycles. The van der Waals surface area contributed by atoms with Crippen molar-refractivity contribution < 1.29 is 4.39 Å². The molecule has 6 nitrogen and oxygen atoms in total. The van der Waals surface area contributed by atoms with Crippen LogP contribution in [0.15, 0.2) is 30.6 Å². The van der Waals surface area contributed by atoms with E-state index in [4.69, 9.17) is 0 Å². The highest BCUT2D eigenvalue weighted by Gasteiger charge is 2.21. The van der Waals surface area contributed by atoms with Crippen LogP contribution in [-0.2, 0) is 0 Å². The van der Waals surface area contributed by atoms with Gasteiger partial charge in [-0.2, -0.15) is 0 Å². The third-order valence-electron chi connectivity index (χ3n) is 4.71. The van der Waals surface area contributed by atoms with E-state index in [1.165, 1.54) is 18.5 Å². The van der Waals surface area contributed by atoms with Gasteiger partial charge in [0.1, 0.15) is 29.6 Å². The Labute approximate surface area is 151 Å². The average Bonchev–Trinajstić information content (AvgIpc) is 2.62. The lowest BCUT2D eigenvalue weighted by Crippen LogP contribution is -2.39. The van der Waals surface area contributed by atoms with Gasteiger partial charge in [0, 0.05) is 36.3 Å². The van der Waals surface area contributed by atoms with E-state index in [-0.39, 0.29) is 11.9 Å². The van der Waals surface area contributed by atoms with Crippen molar-refractivity contribution in [2.24, 2.45) is 0 Å². The lowest BCUT2D eigenvalue weighted by Gasteiger charge is -2.33. The van der Waals surface area contributed by atoms with Crippen LogP contribution in [0, 0.1) is 19.7 Å². The zero-order chi connectivity index (χ0) is 18.1. The fourth-order valence-electron chi connectivity index (χ4n) is 3.45. The van der Waals surface area contributed by atoms with E-state index >= 15 is 0 Å². The van der Waals surface area contributed by atoms with E-state index in [1.54, 1.807) is 6.07 Å². The van der Waals surface area contributed by atoms with E-state index in [0.717, 1.165) is 54.2 Å². The van der Waals surface area contributed by atoms with E-state index in [9.17, 15) is 4.39 Å². The monoisotopic (exact) mass is 352 g/mol. The van der Waals surface area contributed by atoms with Crippen LogP contribution in [0.2, 0.25) is 0 Å². The van der Waals surface area contributed by atoms with Crippen molar-refractivity contribution in [3.05, 3.63) is 47.9 Å². The summed E-state index contributed by atoms with van der Waals surface area (Å²) in [7, 11) is 0. The fraction of sp³-hybridized carbons (Fsp3) is 0.368. The van der Waals surface area contributed by atoms with Gasteiger partial charge in [0.2, 0.25) is 0 Å². The summed E-state index contributed by atoms with van der Waals surface area (Å²) in [6.45, 7) is 5.73. The van der Waals surface area contributed by atoms with Gasteiger partial charge in [0.15, 0.2) is 0 Å². The number of piperidine rings is 1. The number of rotatable bonds is 3. The first kappa shape index (κ1) is 16.6. The maximum atomic E-state index is 13.6. The van der Waals surface area contributed by atoms with Gasteiger partial charge in [-0.1, -0.05) is 0 Å². The Kier molecular flexibility index (Phi) is 4.36. The van der Waals surface area contributed by atoms with Crippen molar-refractivity contribution in [1.82, 2.24) is 19.9 Å². The molecule has 0 amide bonds. The summed E-state index contributed by atoms with van der Waals surface area (Å²) in [5.74, 6) is 2.21. The third-order valence-corrected chi connectivity index (χ3v) is 4.71. The second kappa shape index (κ2) is 6.82. The van der Waals surface area contributed by atoms with Gasteiger partial charge < -0.3 is 10.2 Å². The van der Waals surface area contributed by atoms with Gasteiger partial charge in [-0.25, -0.2) is 24.3 Å². The molecule has 1 aliphatic rings. The molecule has 134 valence electrons. The first-order valence-electron chi connectivity index (χ1n) is 8.82. The molecule has 3 heterocycles. The summed E-state index contributed by atoms with van der Waals surface area (Å²) >= 11 is 0. The summed E-state index contributed by atoms with van der Waals surface area (Å²) in [6, 6.07) is 6.90. The summed E-state index contributed by atoms with van der Waals surface area (Å²) < 4.78 is 13.6. The number of aryl methyl sites for hydroxylation is 2. The molecule has 1 aliphatic heterocycles. The van der Waals surface area contributed by atoms with Gasteiger partial charge in [0.05, 0.1) is 5.52 Å². The quantitative estimate of drug-likeness (QED) is 0.780. The molecule has 0 bridgehead atoms. The smallest absolute Gasteiger partial charge is 0.137 e. The maximum absolute atomic E-state index is 13.6. The van der Waals surface area contributed by atoms with E-state index in [1.807, 2.05) is 19.9 Å². The Hall–Kier alpha value is -2.83. The Morgan fingerprint density at radius 2 is 1.88 bits per heavy atom. The summed E-state index contributed by atoms with van der Waals surface area (Å²) in [5.41, 5.74) is 1.73. The topological polar surface area (TPSA) is 66.8 Å².